The lowest BCUT2D eigenvalue weighted by Gasteiger charge is -2.22. The molecule has 1 amide bonds. The van der Waals surface area contributed by atoms with Gasteiger partial charge in [-0.25, -0.2) is 13.6 Å². The molecule has 0 saturated carbocycles. The van der Waals surface area contributed by atoms with Gasteiger partial charge in [-0.1, -0.05) is 19.9 Å². The summed E-state index contributed by atoms with van der Waals surface area (Å²) in [6, 6.07) is 2.90. The first-order valence-electron chi connectivity index (χ1n) is 7.49. The van der Waals surface area contributed by atoms with Crippen molar-refractivity contribution in [2.45, 2.75) is 26.4 Å². The van der Waals surface area contributed by atoms with Crippen molar-refractivity contribution < 1.29 is 27.8 Å². The number of amides is 1. The van der Waals surface area contributed by atoms with E-state index in [2.05, 4.69) is 10.1 Å². The Balaban J connectivity index is 2.59. The molecule has 1 atom stereocenters. The number of esters is 1. The highest BCUT2D eigenvalue weighted by Crippen LogP contribution is 2.21. The van der Waals surface area contributed by atoms with E-state index >= 15 is 0 Å². The smallest absolute Gasteiger partial charge is 0.330 e. The molecular formula is C17H21F2NO4. The first kappa shape index (κ1) is 19.6. The van der Waals surface area contributed by atoms with E-state index in [0.717, 1.165) is 12.1 Å². The molecule has 24 heavy (non-hydrogen) atoms. The van der Waals surface area contributed by atoms with Crippen LogP contribution in [0.2, 0.25) is 0 Å². The molecule has 0 spiro atoms. The highest BCUT2D eigenvalue weighted by Gasteiger charge is 2.25. The van der Waals surface area contributed by atoms with Crippen molar-refractivity contribution in [3.05, 3.63) is 42.0 Å². The Morgan fingerprint density at radius 2 is 2.00 bits per heavy atom. The summed E-state index contributed by atoms with van der Waals surface area (Å²) >= 11 is 0. The third-order valence-corrected chi connectivity index (χ3v) is 3.08. The highest BCUT2D eigenvalue weighted by atomic mass is 19.1. The molecule has 0 radical (unpaired) electrons. The molecule has 1 N–H and O–H groups in total. The summed E-state index contributed by atoms with van der Waals surface area (Å²) in [5.41, 5.74) is 0. The first-order chi connectivity index (χ1) is 11.3. The minimum atomic E-state index is -0.922. The Hall–Kier alpha value is -2.44. The van der Waals surface area contributed by atoms with E-state index < -0.39 is 29.6 Å². The van der Waals surface area contributed by atoms with Crippen molar-refractivity contribution in [2.24, 2.45) is 5.92 Å². The van der Waals surface area contributed by atoms with Crippen LogP contribution in [-0.4, -0.2) is 31.6 Å². The molecule has 5 nitrogen and oxygen atoms in total. The van der Waals surface area contributed by atoms with Gasteiger partial charge >= 0.3 is 5.97 Å². The van der Waals surface area contributed by atoms with Crippen LogP contribution in [0, 0.1) is 17.6 Å². The Bertz CT molecular complexity index is 602. The molecular weight excluding hydrogens is 320 g/mol. The zero-order valence-electron chi connectivity index (χ0n) is 13.8. The van der Waals surface area contributed by atoms with Crippen LogP contribution in [0.5, 0.6) is 5.75 Å². The lowest BCUT2D eigenvalue weighted by molar-refractivity contribution is -0.134. The van der Waals surface area contributed by atoms with Crippen molar-refractivity contribution >= 4 is 11.9 Å². The van der Waals surface area contributed by atoms with Gasteiger partial charge in [-0.15, -0.1) is 0 Å². The number of carbonyl (C=O) groups excluding carboxylic acids is 2. The van der Waals surface area contributed by atoms with Gasteiger partial charge in [0.05, 0.1) is 7.11 Å². The van der Waals surface area contributed by atoms with E-state index in [1.165, 1.54) is 13.2 Å². The number of carbonyl (C=O) groups is 2. The second-order valence-corrected chi connectivity index (χ2v) is 5.36. The lowest BCUT2D eigenvalue weighted by Crippen LogP contribution is -2.42. The number of nitrogens with one attached hydrogen (secondary N) is 1. The number of methoxy groups -OCH3 is 1. The largest absolute Gasteiger partial charge is 0.477 e. The highest BCUT2D eigenvalue weighted by molar-refractivity contribution is 5.82. The molecule has 0 aromatic heterocycles. The zero-order chi connectivity index (χ0) is 18.1. The van der Waals surface area contributed by atoms with Crippen LogP contribution in [0.3, 0.4) is 0 Å². The van der Waals surface area contributed by atoms with Crippen molar-refractivity contribution in [2.75, 3.05) is 13.7 Å². The van der Waals surface area contributed by atoms with E-state index in [4.69, 9.17) is 4.74 Å². The standard InChI is InChI=1S/C17H21F2NO4/c1-11(2)16(24-14-8-7-12(18)10-13(14)19)17(22)20-9-5-4-6-15(21)23-3/h4,6-8,10-11,16H,5,9H2,1-3H3,(H,20,22)/b6-4+. The van der Waals surface area contributed by atoms with Gasteiger partial charge in [-0.3, -0.25) is 4.79 Å². The number of benzene rings is 1. The molecule has 1 unspecified atom stereocenters. The summed E-state index contributed by atoms with van der Waals surface area (Å²) in [4.78, 5) is 23.1. The normalized spacial score (nSPS) is 12.2. The quantitative estimate of drug-likeness (QED) is 0.448. The number of hydrogen-bond donors (Lipinski definition) is 1. The monoisotopic (exact) mass is 341 g/mol. The van der Waals surface area contributed by atoms with E-state index in [-0.39, 0.29) is 18.2 Å². The number of halogens is 2. The molecule has 7 heteroatoms. The molecule has 0 aliphatic rings. The van der Waals surface area contributed by atoms with Gasteiger partial charge in [0.1, 0.15) is 5.82 Å². The van der Waals surface area contributed by atoms with E-state index in [1.807, 2.05) is 0 Å². The van der Waals surface area contributed by atoms with Crippen molar-refractivity contribution in [3.63, 3.8) is 0 Å². The van der Waals surface area contributed by atoms with Gasteiger partial charge in [0.2, 0.25) is 0 Å². The predicted molar refractivity (Wildman–Crippen MR) is 84.4 cm³/mol. The Labute approximate surface area is 139 Å². The molecule has 1 rings (SSSR count). The van der Waals surface area contributed by atoms with Crippen molar-refractivity contribution in [1.82, 2.24) is 5.32 Å². The molecule has 0 bridgehead atoms. The minimum absolute atomic E-state index is 0.184. The third-order valence-electron chi connectivity index (χ3n) is 3.08. The number of hydrogen-bond acceptors (Lipinski definition) is 4. The fourth-order valence-electron chi connectivity index (χ4n) is 1.83. The molecule has 0 aliphatic carbocycles. The average molecular weight is 341 g/mol. The zero-order valence-corrected chi connectivity index (χ0v) is 13.8. The van der Waals surface area contributed by atoms with E-state index in [0.29, 0.717) is 12.5 Å². The lowest BCUT2D eigenvalue weighted by atomic mass is 10.1. The number of rotatable bonds is 8. The third kappa shape index (κ3) is 6.36. The fraction of sp³-hybridized carbons (Fsp3) is 0.412. The maximum atomic E-state index is 13.6. The van der Waals surface area contributed by atoms with Gasteiger partial charge in [0.25, 0.3) is 5.91 Å². The van der Waals surface area contributed by atoms with Gasteiger partial charge in [0, 0.05) is 18.7 Å². The Morgan fingerprint density at radius 3 is 2.58 bits per heavy atom. The maximum Gasteiger partial charge on any atom is 0.330 e. The summed E-state index contributed by atoms with van der Waals surface area (Å²) in [5.74, 6) is -2.88. The van der Waals surface area contributed by atoms with Crippen molar-refractivity contribution in [1.29, 1.82) is 0 Å². The van der Waals surface area contributed by atoms with Crippen LogP contribution in [0.1, 0.15) is 20.3 Å². The summed E-state index contributed by atoms with van der Waals surface area (Å²) < 4.78 is 36.4. The van der Waals surface area contributed by atoms with Crippen LogP contribution in [-0.2, 0) is 14.3 Å². The predicted octanol–water partition coefficient (Wildman–Crippen LogP) is 2.60. The second kappa shape index (κ2) is 9.64. The van der Waals surface area contributed by atoms with Crippen LogP contribution in [0.15, 0.2) is 30.4 Å². The maximum absolute atomic E-state index is 13.6. The summed E-state index contributed by atoms with van der Waals surface area (Å²) in [6.45, 7) is 3.79. The fourth-order valence-corrected chi connectivity index (χ4v) is 1.83. The first-order valence-corrected chi connectivity index (χ1v) is 7.49. The summed E-state index contributed by atoms with van der Waals surface area (Å²) in [6.07, 6.45) is 2.33. The van der Waals surface area contributed by atoms with E-state index in [9.17, 15) is 18.4 Å². The molecule has 1 aromatic rings. The second-order valence-electron chi connectivity index (χ2n) is 5.36. The van der Waals surface area contributed by atoms with Gasteiger partial charge in [-0.2, -0.15) is 0 Å². The van der Waals surface area contributed by atoms with Crippen LogP contribution in [0.4, 0.5) is 8.78 Å². The average Bonchev–Trinajstić information content (AvgIpc) is 2.52. The van der Waals surface area contributed by atoms with Gasteiger partial charge in [0.15, 0.2) is 17.7 Å². The molecule has 1 aromatic carbocycles. The van der Waals surface area contributed by atoms with Crippen molar-refractivity contribution in [3.8, 4) is 5.75 Å². The van der Waals surface area contributed by atoms with E-state index in [1.54, 1.807) is 19.9 Å². The van der Waals surface area contributed by atoms with Crippen LogP contribution >= 0.6 is 0 Å². The van der Waals surface area contributed by atoms with Crippen LogP contribution in [0.25, 0.3) is 0 Å². The minimum Gasteiger partial charge on any atom is -0.477 e. The summed E-state index contributed by atoms with van der Waals surface area (Å²) in [5, 5.41) is 2.64. The molecule has 0 heterocycles. The Morgan fingerprint density at radius 1 is 1.29 bits per heavy atom. The molecule has 0 saturated heterocycles. The van der Waals surface area contributed by atoms with Gasteiger partial charge in [-0.05, 0) is 24.5 Å². The summed E-state index contributed by atoms with van der Waals surface area (Å²) in [7, 11) is 1.27. The molecule has 132 valence electrons. The molecule has 0 fully saturated rings. The molecule has 0 aliphatic heterocycles. The van der Waals surface area contributed by atoms with Crippen LogP contribution < -0.4 is 10.1 Å². The SMILES string of the molecule is COC(=O)/C=C/CCNC(=O)C(Oc1ccc(F)cc1F)C(C)C. The topological polar surface area (TPSA) is 64.6 Å². The Kier molecular flexibility index (Phi) is 7.88. The van der Waals surface area contributed by atoms with Gasteiger partial charge < -0.3 is 14.8 Å². The number of ether oxygens (including phenoxy) is 2.